The molecule has 7 heteroatoms. The number of hydrogen-bond acceptors (Lipinski definition) is 5. The van der Waals surface area contributed by atoms with Crippen molar-refractivity contribution in [2.24, 2.45) is 0 Å². The highest BCUT2D eigenvalue weighted by Gasteiger charge is 2.32. The first-order valence-corrected chi connectivity index (χ1v) is 9.27. The lowest BCUT2D eigenvalue weighted by Crippen LogP contribution is -2.48. The number of nitrogens with zero attached hydrogens (tertiary/aromatic N) is 1. The lowest BCUT2D eigenvalue weighted by molar-refractivity contribution is -0.137. The van der Waals surface area contributed by atoms with Gasteiger partial charge in [0.15, 0.2) is 6.10 Å². The Labute approximate surface area is 168 Å². The number of carbonyl (C=O) groups excluding carboxylic acids is 3. The van der Waals surface area contributed by atoms with E-state index < -0.39 is 12.1 Å². The van der Waals surface area contributed by atoms with Gasteiger partial charge in [0, 0.05) is 18.7 Å². The molecular formula is C22H22N2O5. The average Bonchev–Trinajstić information content (AvgIpc) is 2.72. The third-order valence-corrected chi connectivity index (χ3v) is 4.32. The Hall–Kier alpha value is -3.61. The van der Waals surface area contributed by atoms with E-state index in [1.54, 1.807) is 55.5 Å². The van der Waals surface area contributed by atoms with Gasteiger partial charge in [0.05, 0.1) is 18.8 Å². The van der Waals surface area contributed by atoms with E-state index >= 15 is 0 Å². The molecule has 0 fully saturated rings. The van der Waals surface area contributed by atoms with Crippen molar-refractivity contribution < 1.29 is 23.9 Å². The zero-order chi connectivity index (χ0) is 20.8. The van der Waals surface area contributed by atoms with E-state index in [-0.39, 0.29) is 18.4 Å². The smallest absolute Gasteiger partial charge is 0.330 e. The van der Waals surface area contributed by atoms with Crippen molar-refractivity contribution in [2.45, 2.75) is 20.0 Å². The van der Waals surface area contributed by atoms with Gasteiger partial charge < -0.3 is 19.7 Å². The summed E-state index contributed by atoms with van der Waals surface area (Å²) < 4.78 is 10.6. The summed E-state index contributed by atoms with van der Waals surface area (Å²) in [7, 11) is 0. The molecule has 0 spiro atoms. The Kier molecular flexibility index (Phi) is 6.29. The molecule has 0 aliphatic carbocycles. The molecule has 150 valence electrons. The molecule has 0 saturated carbocycles. The highest BCUT2D eigenvalue weighted by molar-refractivity contribution is 5.99. The fraction of sp³-hybridized carbons (Fsp3) is 0.227. The van der Waals surface area contributed by atoms with E-state index in [0.717, 1.165) is 5.56 Å². The maximum atomic E-state index is 12.7. The van der Waals surface area contributed by atoms with Crippen LogP contribution in [-0.2, 0) is 19.1 Å². The second-order valence-corrected chi connectivity index (χ2v) is 6.40. The van der Waals surface area contributed by atoms with Crippen LogP contribution in [0.4, 0.5) is 11.4 Å². The van der Waals surface area contributed by atoms with E-state index in [1.165, 1.54) is 17.9 Å². The Morgan fingerprint density at radius 3 is 2.59 bits per heavy atom. The van der Waals surface area contributed by atoms with Gasteiger partial charge in [0.25, 0.3) is 5.91 Å². The van der Waals surface area contributed by atoms with Crippen molar-refractivity contribution in [3.8, 4) is 5.75 Å². The molecule has 7 nitrogen and oxygen atoms in total. The summed E-state index contributed by atoms with van der Waals surface area (Å²) in [6, 6.07) is 14.1. The molecule has 0 saturated heterocycles. The number of fused-ring (bicyclic) bond motifs is 1. The number of nitrogens with one attached hydrogen (secondary N) is 1. The number of amides is 2. The predicted molar refractivity (Wildman–Crippen MR) is 110 cm³/mol. The molecule has 1 unspecified atom stereocenters. The Morgan fingerprint density at radius 1 is 1.17 bits per heavy atom. The summed E-state index contributed by atoms with van der Waals surface area (Å²) in [5, 5.41) is 2.80. The summed E-state index contributed by atoms with van der Waals surface area (Å²) in [6.45, 7) is 3.66. The highest BCUT2D eigenvalue weighted by Crippen LogP contribution is 2.33. The lowest BCUT2D eigenvalue weighted by Gasteiger charge is -2.33. The van der Waals surface area contributed by atoms with Crippen LogP contribution in [0, 0.1) is 0 Å². The van der Waals surface area contributed by atoms with Crippen LogP contribution in [0.1, 0.15) is 19.4 Å². The largest absolute Gasteiger partial charge is 0.476 e. The monoisotopic (exact) mass is 394 g/mol. The maximum absolute atomic E-state index is 12.7. The molecule has 1 atom stereocenters. The van der Waals surface area contributed by atoms with Gasteiger partial charge in [0.1, 0.15) is 5.75 Å². The maximum Gasteiger partial charge on any atom is 0.330 e. The summed E-state index contributed by atoms with van der Waals surface area (Å²) in [5.74, 6) is -0.417. The number of para-hydroxylation sites is 2. The Bertz CT molecular complexity index is 936. The molecule has 0 bridgehead atoms. The quantitative estimate of drug-likeness (QED) is 0.622. The molecule has 1 N–H and O–H groups in total. The van der Waals surface area contributed by atoms with Crippen LogP contribution in [0.3, 0.4) is 0 Å². The molecule has 2 aromatic rings. The van der Waals surface area contributed by atoms with Gasteiger partial charge in [-0.2, -0.15) is 0 Å². The van der Waals surface area contributed by atoms with E-state index in [2.05, 4.69) is 5.32 Å². The second kappa shape index (κ2) is 9.05. The minimum absolute atomic E-state index is 0.137. The number of carbonyl (C=O) groups is 3. The summed E-state index contributed by atoms with van der Waals surface area (Å²) in [4.78, 5) is 37.5. The van der Waals surface area contributed by atoms with Crippen LogP contribution in [0.25, 0.3) is 6.08 Å². The van der Waals surface area contributed by atoms with Crippen LogP contribution in [0.2, 0.25) is 0 Å². The molecule has 2 amide bonds. The van der Waals surface area contributed by atoms with Crippen molar-refractivity contribution in [1.82, 2.24) is 0 Å². The number of hydrogen-bond donors (Lipinski definition) is 1. The Balaban J connectivity index is 1.66. The SMILES string of the molecule is CCOC(=O)/C=C/c1ccc(NC(=O)C2CN(C(C)=O)c3ccccc3O2)cc1. The molecule has 2 aromatic carbocycles. The van der Waals surface area contributed by atoms with Crippen LogP contribution < -0.4 is 15.0 Å². The molecule has 3 rings (SSSR count). The van der Waals surface area contributed by atoms with E-state index in [4.69, 9.17) is 9.47 Å². The van der Waals surface area contributed by atoms with Gasteiger partial charge in [0.2, 0.25) is 5.91 Å². The second-order valence-electron chi connectivity index (χ2n) is 6.40. The first-order valence-electron chi connectivity index (χ1n) is 9.27. The van der Waals surface area contributed by atoms with Gasteiger partial charge in [-0.05, 0) is 42.8 Å². The topological polar surface area (TPSA) is 84.9 Å². The van der Waals surface area contributed by atoms with Gasteiger partial charge in [-0.15, -0.1) is 0 Å². The summed E-state index contributed by atoms with van der Waals surface area (Å²) in [5.41, 5.74) is 2.03. The van der Waals surface area contributed by atoms with Crippen LogP contribution in [-0.4, -0.2) is 37.0 Å². The summed E-state index contributed by atoms with van der Waals surface area (Å²) in [6.07, 6.45) is 2.16. The molecule has 1 aliphatic heterocycles. The third kappa shape index (κ3) is 5.01. The minimum Gasteiger partial charge on any atom is -0.476 e. The standard InChI is InChI=1S/C22H22N2O5/c1-3-28-21(26)13-10-16-8-11-17(12-9-16)23-22(27)20-14-24(15(2)25)18-6-4-5-7-19(18)29-20/h4-13,20H,3,14H2,1-2H3,(H,23,27)/b13-10+. The Morgan fingerprint density at radius 2 is 1.90 bits per heavy atom. The van der Waals surface area contributed by atoms with E-state index in [9.17, 15) is 14.4 Å². The summed E-state index contributed by atoms with van der Waals surface area (Å²) >= 11 is 0. The molecule has 0 radical (unpaired) electrons. The fourth-order valence-electron chi connectivity index (χ4n) is 2.92. The predicted octanol–water partition coefficient (Wildman–Crippen LogP) is 3.02. The molecule has 0 aromatic heterocycles. The lowest BCUT2D eigenvalue weighted by atomic mass is 10.1. The fourth-order valence-corrected chi connectivity index (χ4v) is 2.92. The van der Waals surface area contributed by atoms with Gasteiger partial charge >= 0.3 is 5.97 Å². The molecule has 1 aliphatic rings. The minimum atomic E-state index is -0.822. The van der Waals surface area contributed by atoms with Crippen molar-refractivity contribution in [2.75, 3.05) is 23.4 Å². The van der Waals surface area contributed by atoms with E-state index in [1.807, 2.05) is 6.07 Å². The van der Waals surface area contributed by atoms with Crippen molar-refractivity contribution >= 4 is 35.2 Å². The molecule has 1 heterocycles. The normalized spacial score (nSPS) is 15.4. The third-order valence-electron chi connectivity index (χ3n) is 4.32. The zero-order valence-electron chi connectivity index (χ0n) is 16.3. The van der Waals surface area contributed by atoms with Crippen molar-refractivity contribution in [3.63, 3.8) is 0 Å². The van der Waals surface area contributed by atoms with Gasteiger partial charge in [-0.3, -0.25) is 9.59 Å². The zero-order valence-corrected chi connectivity index (χ0v) is 16.3. The number of esters is 1. The van der Waals surface area contributed by atoms with Crippen LogP contribution in [0.15, 0.2) is 54.6 Å². The number of ether oxygens (including phenoxy) is 2. The highest BCUT2D eigenvalue weighted by atomic mass is 16.5. The number of anilines is 2. The van der Waals surface area contributed by atoms with Crippen LogP contribution >= 0.6 is 0 Å². The van der Waals surface area contributed by atoms with Crippen molar-refractivity contribution in [3.05, 3.63) is 60.2 Å². The van der Waals surface area contributed by atoms with Gasteiger partial charge in [-0.25, -0.2) is 4.79 Å². The molecule has 29 heavy (non-hydrogen) atoms. The molecular weight excluding hydrogens is 372 g/mol. The van der Waals surface area contributed by atoms with E-state index in [0.29, 0.717) is 23.7 Å². The first kappa shape index (κ1) is 20.1. The number of rotatable bonds is 5. The van der Waals surface area contributed by atoms with Crippen molar-refractivity contribution in [1.29, 1.82) is 0 Å². The first-order chi connectivity index (χ1) is 14.0. The average molecular weight is 394 g/mol. The number of benzene rings is 2. The van der Waals surface area contributed by atoms with Gasteiger partial charge in [-0.1, -0.05) is 24.3 Å². The van der Waals surface area contributed by atoms with Crippen LogP contribution in [0.5, 0.6) is 5.75 Å².